The largest absolute Gasteiger partial charge is 0.441 e. The molecule has 0 saturated heterocycles. The quantitative estimate of drug-likeness (QED) is 0.624. The van der Waals surface area contributed by atoms with Crippen molar-refractivity contribution in [3.8, 4) is 0 Å². The molecule has 0 atom stereocenters. The zero-order chi connectivity index (χ0) is 14.1. The lowest BCUT2D eigenvalue weighted by Crippen LogP contribution is -2.06. The van der Waals surface area contributed by atoms with Gasteiger partial charge in [-0.15, -0.1) is 11.3 Å². The van der Waals surface area contributed by atoms with Crippen LogP contribution in [0.25, 0.3) is 21.3 Å². The highest BCUT2D eigenvalue weighted by molar-refractivity contribution is 7.17. The molecule has 3 heterocycles. The molecule has 0 saturated carbocycles. The van der Waals surface area contributed by atoms with E-state index in [4.69, 9.17) is 4.42 Å². The van der Waals surface area contributed by atoms with Gasteiger partial charge >= 0.3 is 0 Å². The average molecular weight is 296 g/mol. The molecule has 6 heteroatoms. The Bertz CT molecular complexity index is 866. The van der Waals surface area contributed by atoms with E-state index in [-0.39, 0.29) is 0 Å². The van der Waals surface area contributed by atoms with Crippen molar-refractivity contribution in [2.45, 2.75) is 6.42 Å². The van der Waals surface area contributed by atoms with E-state index in [0.29, 0.717) is 6.42 Å². The van der Waals surface area contributed by atoms with E-state index in [1.54, 1.807) is 17.7 Å². The summed E-state index contributed by atoms with van der Waals surface area (Å²) < 4.78 is 6.78. The predicted octanol–water partition coefficient (Wildman–Crippen LogP) is 3.49. The maximum absolute atomic E-state index is 5.70. The minimum atomic E-state index is 0.714. The van der Waals surface area contributed by atoms with Crippen LogP contribution in [0.4, 0.5) is 5.82 Å². The van der Waals surface area contributed by atoms with Gasteiger partial charge in [0.25, 0.3) is 0 Å². The number of para-hydroxylation sites is 2. The fourth-order valence-corrected chi connectivity index (χ4v) is 3.04. The molecule has 0 aliphatic rings. The maximum Gasteiger partial charge on any atom is 0.197 e. The van der Waals surface area contributed by atoms with Crippen LogP contribution in [-0.2, 0) is 6.42 Å². The fourth-order valence-electron chi connectivity index (χ4n) is 2.23. The molecule has 0 bridgehead atoms. The van der Waals surface area contributed by atoms with Crippen molar-refractivity contribution < 1.29 is 4.42 Å². The Labute approximate surface area is 124 Å². The van der Waals surface area contributed by atoms with Crippen molar-refractivity contribution in [2.75, 3.05) is 11.9 Å². The van der Waals surface area contributed by atoms with Gasteiger partial charge in [-0.2, -0.15) is 0 Å². The summed E-state index contributed by atoms with van der Waals surface area (Å²) in [5, 5.41) is 5.35. The van der Waals surface area contributed by atoms with E-state index in [1.165, 1.54) is 0 Å². The molecule has 104 valence electrons. The zero-order valence-corrected chi connectivity index (χ0v) is 11.9. The van der Waals surface area contributed by atoms with E-state index >= 15 is 0 Å². The Morgan fingerprint density at radius 2 is 2.05 bits per heavy atom. The summed E-state index contributed by atoms with van der Waals surface area (Å²) in [4.78, 5) is 13.0. The lowest BCUT2D eigenvalue weighted by atomic mass is 10.3. The van der Waals surface area contributed by atoms with Crippen molar-refractivity contribution in [3.63, 3.8) is 0 Å². The maximum atomic E-state index is 5.70. The molecular formula is C15H12N4OS. The van der Waals surface area contributed by atoms with Gasteiger partial charge in [0, 0.05) is 13.0 Å². The molecule has 1 aromatic carbocycles. The number of rotatable bonds is 4. The third kappa shape index (κ3) is 2.34. The van der Waals surface area contributed by atoms with E-state index in [0.717, 1.165) is 39.6 Å². The van der Waals surface area contributed by atoms with E-state index < -0.39 is 0 Å². The van der Waals surface area contributed by atoms with Crippen LogP contribution in [0.3, 0.4) is 0 Å². The second kappa shape index (κ2) is 5.14. The number of nitrogens with zero attached hydrogens (tertiary/aromatic N) is 3. The summed E-state index contributed by atoms with van der Waals surface area (Å²) in [6.45, 7) is 0.719. The Kier molecular flexibility index (Phi) is 3.01. The third-order valence-electron chi connectivity index (χ3n) is 3.21. The Morgan fingerprint density at radius 1 is 1.10 bits per heavy atom. The molecule has 3 aromatic heterocycles. The molecule has 5 nitrogen and oxygen atoms in total. The molecule has 0 aliphatic heterocycles. The van der Waals surface area contributed by atoms with Gasteiger partial charge in [0.1, 0.15) is 17.7 Å². The molecule has 21 heavy (non-hydrogen) atoms. The summed E-state index contributed by atoms with van der Waals surface area (Å²) in [6, 6.07) is 9.78. The van der Waals surface area contributed by atoms with Crippen molar-refractivity contribution in [3.05, 3.63) is 47.9 Å². The third-order valence-corrected chi connectivity index (χ3v) is 4.12. The van der Waals surface area contributed by atoms with E-state index in [9.17, 15) is 0 Å². The lowest BCUT2D eigenvalue weighted by Gasteiger charge is -2.04. The Morgan fingerprint density at radius 3 is 3.00 bits per heavy atom. The molecule has 0 unspecified atom stereocenters. The van der Waals surface area contributed by atoms with Gasteiger partial charge in [-0.25, -0.2) is 15.0 Å². The molecule has 0 fully saturated rings. The zero-order valence-electron chi connectivity index (χ0n) is 11.1. The van der Waals surface area contributed by atoms with Crippen LogP contribution in [0.5, 0.6) is 0 Å². The SMILES string of the molecule is c1ccc2oc(CCNc3ncnc4ccsc34)nc2c1. The Balaban J connectivity index is 1.48. The number of anilines is 1. The van der Waals surface area contributed by atoms with Crippen LogP contribution in [-0.4, -0.2) is 21.5 Å². The average Bonchev–Trinajstić information content (AvgIpc) is 3.13. The molecule has 0 aliphatic carbocycles. The summed E-state index contributed by atoms with van der Waals surface area (Å²) in [6.07, 6.45) is 2.29. The first-order valence-electron chi connectivity index (χ1n) is 6.67. The van der Waals surface area contributed by atoms with Gasteiger partial charge in [-0.1, -0.05) is 12.1 Å². The summed E-state index contributed by atoms with van der Waals surface area (Å²) >= 11 is 1.64. The van der Waals surface area contributed by atoms with Gasteiger partial charge in [-0.05, 0) is 23.6 Å². The highest BCUT2D eigenvalue weighted by atomic mass is 32.1. The van der Waals surface area contributed by atoms with Crippen molar-refractivity contribution in [1.29, 1.82) is 0 Å². The van der Waals surface area contributed by atoms with Crippen LogP contribution in [0.2, 0.25) is 0 Å². The van der Waals surface area contributed by atoms with Crippen LogP contribution >= 0.6 is 11.3 Å². The van der Waals surface area contributed by atoms with Crippen LogP contribution in [0, 0.1) is 0 Å². The van der Waals surface area contributed by atoms with E-state index in [1.807, 2.05) is 35.7 Å². The second-order valence-corrected chi connectivity index (χ2v) is 5.53. The van der Waals surface area contributed by atoms with Crippen LogP contribution in [0.15, 0.2) is 46.5 Å². The molecule has 0 radical (unpaired) electrons. The van der Waals surface area contributed by atoms with Crippen molar-refractivity contribution >= 4 is 38.5 Å². The standard InChI is InChI=1S/C15H12N4OS/c1-2-4-12-10(3-1)19-13(20-12)5-7-16-15-14-11(6-8-21-14)17-9-18-15/h1-4,6,8-9H,5,7H2,(H,16,17,18). The monoisotopic (exact) mass is 296 g/mol. The van der Waals surface area contributed by atoms with Crippen LogP contribution in [0.1, 0.15) is 5.89 Å². The topological polar surface area (TPSA) is 63.8 Å². The first kappa shape index (κ1) is 12.3. The van der Waals surface area contributed by atoms with Crippen molar-refractivity contribution in [1.82, 2.24) is 15.0 Å². The first-order valence-corrected chi connectivity index (χ1v) is 7.55. The molecule has 0 spiro atoms. The number of benzene rings is 1. The van der Waals surface area contributed by atoms with Gasteiger partial charge in [-0.3, -0.25) is 0 Å². The molecule has 0 amide bonds. The Hall–Kier alpha value is -2.47. The minimum absolute atomic E-state index is 0.714. The number of thiophene rings is 1. The minimum Gasteiger partial charge on any atom is -0.441 e. The number of fused-ring (bicyclic) bond motifs is 2. The predicted molar refractivity (Wildman–Crippen MR) is 83.6 cm³/mol. The summed E-state index contributed by atoms with van der Waals surface area (Å²) in [5.74, 6) is 1.60. The number of nitrogens with one attached hydrogen (secondary N) is 1. The van der Waals surface area contributed by atoms with Gasteiger partial charge in [0.15, 0.2) is 11.5 Å². The van der Waals surface area contributed by atoms with E-state index in [2.05, 4.69) is 20.3 Å². The normalized spacial score (nSPS) is 11.2. The second-order valence-electron chi connectivity index (χ2n) is 4.61. The smallest absolute Gasteiger partial charge is 0.197 e. The van der Waals surface area contributed by atoms with Crippen molar-refractivity contribution in [2.24, 2.45) is 0 Å². The number of aromatic nitrogens is 3. The molecule has 1 N–H and O–H groups in total. The molecule has 4 aromatic rings. The van der Waals surface area contributed by atoms with Gasteiger partial charge in [0.05, 0.1) is 10.2 Å². The first-order chi connectivity index (χ1) is 10.4. The summed E-state index contributed by atoms with van der Waals surface area (Å²) in [5.41, 5.74) is 2.70. The van der Waals surface area contributed by atoms with Gasteiger partial charge in [0.2, 0.25) is 0 Å². The fraction of sp³-hybridized carbons (Fsp3) is 0.133. The van der Waals surface area contributed by atoms with Gasteiger partial charge < -0.3 is 9.73 Å². The number of hydrogen-bond donors (Lipinski definition) is 1. The number of hydrogen-bond acceptors (Lipinski definition) is 6. The number of oxazole rings is 1. The molecular weight excluding hydrogens is 284 g/mol. The lowest BCUT2D eigenvalue weighted by molar-refractivity contribution is 0.534. The highest BCUT2D eigenvalue weighted by Crippen LogP contribution is 2.24. The summed E-state index contributed by atoms with van der Waals surface area (Å²) in [7, 11) is 0. The van der Waals surface area contributed by atoms with Crippen LogP contribution < -0.4 is 5.32 Å². The molecule has 4 rings (SSSR count). The highest BCUT2D eigenvalue weighted by Gasteiger charge is 2.07.